The SMILES string of the molecule is C[C@H]1CCN(C(=O)c2ccc(-c3ccc4[nH]ccc4c3)c(OCCCCCBr)c2)c2ccccc2N1. The number of rotatable bonds is 8. The number of alkyl halides is 1. The number of ether oxygens (including phenoxy) is 1. The van der Waals surface area contributed by atoms with Gasteiger partial charge in [0.2, 0.25) is 0 Å². The first-order valence-corrected chi connectivity index (χ1v) is 13.8. The summed E-state index contributed by atoms with van der Waals surface area (Å²) in [5.74, 6) is 0.749. The zero-order chi connectivity index (χ0) is 24.9. The van der Waals surface area contributed by atoms with E-state index in [0.29, 0.717) is 24.8 Å². The van der Waals surface area contributed by atoms with Crippen LogP contribution in [0.1, 0.15) is 43.0 Å². The van der Waals surface area contributed by atoms with E-state index in [-0.39, 0.29) is 5.91 Å². The van der Waals surface area contributed by atoms with E-state index in [0.717, 1.165) is 70.2 Å². The summed E-state index contributed by atoms with van der Waals surface area (Å²) >= 11 is 3.50. The van der Waals surface area contributed by atoms with Crippen molar-refractivity contribution >= 4 is 44.1 Å². The second-order valence-corrected chi connectivity index (χ2v) is 10.2. The van der Waals surface area contributed by atoms with Crippen LogP contribution in [0.25, 0.3) is 22.0 Å². The van der Waals surface area contributed by atoms with Gasteiger partial charge in [-0.2, -0.15) is 0 Å². The molecule has 1 aliphatic heterocycles. The molecule has 0 radical (unpaired) electrons. The summed E-state index contributed by atoms with van der Waals surface area (Å²) in [4.78, 5) is 19.0. The minimum atomic E-state index is -0.00451. The number of aromatic nitrogens is 1. The third-order valence-corrected chi connectivity index (χ3v) is 7.32. The highest BCUT2D eigenvalue weighted by Gasteiger charge is 2.25. The molecule has 36 heavy (non-hydrogen) atoms. The van der Waals surface area contributed by atoms with Crippen LogP contribution in [0.2, 0.25) is 0 Å². The van der Waals surface area contributed by atoms with Gasteiger partial charge in [-0.3, -0.25) is 4.79 Å². The molecule has 0 spiro atoms. The molecule has 0 saturated heterocycles. The van der Waals surface area contributed by atoms with E-state index in [2.05, 4.69) is 57.4 Å². The first kappa shape index (κ1) is 24.4. The zero-order valence-corrected chi connectivity index (χ0v) is 22.2. The molecule has 0 fully saturated rings. The summed E-state index contributed by atoms with van der Waals surface area (Å²) in [6, 6.07) is 22.7. The number of para-hydroxylation sites is 2. The van der Waals surface area contributed by atoms with Gasteiger partial charge in [0.1, 0.15) is 5.75 Å². The maximum absolute atomic E-state index is 13.8. The fourth-order valence-electron chi connectivity index (χ4n) is 4.77. The maximum atomic E-state index is 13.8. The quantitative estimate of drug-likeness (QED) is 0.177. The number of nitrogens with one attached hydrogen (secondary N) is 2. The van der Waals surface area contributed by atoms with Gasteiger partial charge in [0.05, 0.1) is 18.0 Å². The van der Waals surface area contributed by atoms with Gasteiger partial charge in [-0.05, 0) is 92.1 Å². The van der Waals surface area contributed by atoms with E-state index < -0.39 is 0 Å². The molecule has 1 atom stereocenters. The van der Waals surface area contributed by atoms with Gasteiger partial charge in [-0.1, -0.05) is 34.1 Å². The number of H-pyrrole nitrogens is 1. The molecule has 4 aromatic rings. The van der Waals surface area contributed by atoms with Crippen LogP contribution in [0.5, 0.6) is 5.75 Å². The molecule has 0 unspecified atom stereocenters. The highest BCUT2D eigenvalue weighted by Crippen LogP contribution is 2.35. The minimum absolute atomic E-state index is 0.00451. The van der Waals surface area contributed by atoms with E-state index in [1.54, 1.807) is 0 Å². The van der Waals surface area contributed by atoms with Crippen LogP contribution in [0.3, 0.4) is 0 Å². The maximum Gasteiger partial charge on any atom is 0.258 e. The summed E-state index contributed by atoms with van der Waals surface area (Å²) in [6.07, 6.45) is 6.03. The van der Waals surface area contributed by atoms with Crippen molar-refractivity contribution in [1.29, 1.82) is 0 Å². The third kappa shape index (κ3) is 5.29. The third-order valence-electron chi connectivity index (χ3n) is 6.76. The van der Waals surface area contributed by atoms with Crippen LogP contribution >= 0.6 is 15.9 Å². The first-order chi connectivity index (χ1) is 17.6. The lowest BCUT2D eigenvalue weighted by Gasteiger charge is -2.23. The molecule has 0 saturated carbocycles. The Morgan fingerprint density at radius 3 is 2.83 bits per heavy atom. The van der Waals surface area contributed by atoms with Crippen LogP contribution in [-0.2, 0) is 0 Å². The molecule has 0 aliphatic carbocycles. The lowest BCUT2D eigenvalue weighted by molar-refractivity contribution is 0.0986. The van der Waals surface area contributed by atoms with Gasteiger partial charge in [0.15, 0.2) is 0 Å². The number of hydrogen-bond acceptors (Lipinski definition) is 3. The van der Waals surface area contributed by atoms with Crippen molar-refractivity contribution in [2.24, 2.45) is 0 Å². The first-order valence-electron chi connectivity index (χ1n) is 12.7. The molecule has 0 bridgehead atoms. The van der Waals surface area contributed by atoms with E-state index >= 15 is 0 Å². The largest absolute Gasteiger partial charge is 0.493 e. The predicted octanol–water partition coefficient (Wildman–Crippen LogP) is 7.63. The summed E-state index contributed by atoms with van der Waals surface area (Å²) in [6.45, 7) is 3.44. The number of benzene rings is 3. The van der Waals surface area contributed by atoms with Gasteiger partial charge >= 0.3 is 0 Å². The van der Waals surface area contributed by atoms with Crippen molar-refractivity contribution in [3.8, 4) is 16.9 Å². The second-order valence-electron chi connectivity index (χ2n) is 9.40. The Bertz CT molecular complexity index is 1350. The van der Waals surface area contributed by atoms with E-state index in [1.165, 1.54) is 0 Å². The molecule has 5 nitrogen and oxygen atoms in total. The topological polar surface area (TPSA) is 57.4 Å². The molecule has 3 aromatic carbocycles. The number of halogens is 1. The summed E-state index contributed by atoms with van der Waals surface area (Å²) in [5, 5.41) is 5.69. The van der Waals surface area contributed by atoms with E-state index in [4.69, 9.17) is 4.74 Å². The molecule has 1 amide bonds. The lowest BCUT2D eigenvalue weighted by Crippen LogP contribution is -2.32. The van der Waals surface area contributed by atoms with Crippen molar-refractivity contribution in [3.05, 3.63) is 78.5 Å². The van der Waals surface area contributed by atoms with E-state index in [1.807, 2.05) is 53.6 Å². The second kappa shape index (κ2) is 11.2. The van der Waals surface area contributed by atoms with E-state index in [9.17, 15) is 4.79 Å². The van der Waals surface area contributed by atoms with Gasteiger partial charge in [-0.15, -0.1) is 0 Å². The van der Waals surface area contributed by atoms with Crippen molar-refractivity contribution in [1.82, 2.24) is 4.98 Å². The van der Waals surface area contributed by atoms with Crippen molar-refractivity contribution in [2.75, 3.05) is 28.7 Å². The molecule has 186 valence electrons. The Kier molecular flexibility index (Phi) is 7.61. The molecule has 2 heterocycles. The molecular formula is C30H32BrN3O2. The minimum Gasteiger partial charge on any atom is -0.493 e. The van der Waals surface area contributed by atoms with Crippen LogP contribution in [0.15, 0.2) is 72.9 Å². The number of aromatic amines is 1. The van der Waals surface area contributed by atoms with Gasteiger partial charge in [0.25, 0.3) is 5.91 Å². The molecular weight excluding hydrogens is 514 g/mol. The van der Waals surface area contributed by atoms with Gasteiger partial charge in [-0.25, -0.2) is 0 Å². The Morgan fingerprint density at radius 2 is 1.94 bits per heavy atom. The number of amides is 1. The van der Waals surface area contributed by atoms with Crippen LogP contribution in [0.4, 0.5) is 11.4 Å². The Morgan fingerprint density at radius 1 is 1.06 bits per heavy atom. The lowest BCUT2D eigenvalue weighted by atomic mass is 10.0. The van der Waals surface area contributed by atoms with Gasteiger partial charge in [0, 0.05) is 40.8 Å². The summed E-state index contributed by atoms with van der Waals surface area (Å²) < 4.78 is 6.31. The number of unbranched alkanes of at least 4 members (excludes halogenated alkanes) is 2. The van der Waals surface area contributed by atoms with Crippen LogP contribution in [0, 0.1) is 0 Å². The Labute approximate surface area is 221 Å². The average molecular weight is 547 g/mol. The van der Waals surface area contributed by atoms with Crippen molar-refractivity contribution in [3.63, 3.8) is 0 Å². The van der Waals surface area contributed by atoms with Crippen LogP contribution in [-0.4, -0.2) is 35.4 Å². The number of nitrogens with zero attached hydrogens (tertiary/aromatic N) is 1. The normalized spacial score (nSPS) is 15.3. The smallest absolute Gasteiger partial charge is 0.258 e. The highest BCUT2D eigenvalue weighted by molar-refractivity contribution is 9.09. The Balaban J connectivity index is 1.48. The van der Waals surface area contributed by atoms with Crippen molar-refractivity contribution < 1.29 is 9.53 Å². The fourth-order valence-corrected chi connectivity index (χ4v) is 5.16. The fraction of sp³-hybridized carbons (Fsp3) is 0.300. The predicted molar refractivity (Wildman–Crippen MR) is 153 cm³/mol. The Hall–Kier alpha value is -3.25. The highest BCUT2D eigenvalue weighted by atomic mass is 79.9. The standard InChI is InChI=1S/C30H32BrN3O2/c1-21-14-17-34(28-8-4-3-7-27(28)33-21)30(35)24-9-11-25(29(20-24)36-18-6-2-5-15-31)22-10-12-26-23(19-22)13-16-32-26/h3-4,7-13,16,19-21,32-33H,2,5-6,14-15,17-18H2,1H3/t21-/m0/s1. The average Bonchev–Trinajstić information content (AvgIpc) is 3.30. The number of anilines is 2. The molecule has 5 rings (SSSR count). The molecule has 1 aliphatic rings. The summed E-state index contributed by atoms with van der Waals surface area (Å²) in [7, 11) is 0. The molecule has 2 N–H and O–H groups in total. The molecule has 6 heteroatoms. The number of fused-ring (bicyclic) bond motifs is 2. The number of carbonyl (C=O) groups excluding carboxylic acids is 1. The monoisotopic (exact) mass is 545 g/mol. The zero-order valence-electron chi connectivity index (χ0n) is 20.6. The van der Waals surface area contributed by atoms with Gasteiger partial charge < -0.3 is 19.9 Å². The van der Waals surface area contributed by atoms with Crippen molar-refractivity contribution in [2.45, 2.75) is 38.6 Å². The molecule has 1 aromatic heterocycles. The number of hydrogen-bond donors (Lipinski definition) is 2. The number of carbonyl (C=O) groups is 1. The summed E-state index contributed by atoms with van der Waals surface area (Å²) in [5.41, 5.74) is 5.74. The van der Waals surface area contributed by atoms with Crippen LogP contribution < -0.4 is 15.0 Å².